The van der Waals surface area contributed by atoms with Gasteiger partial charge < -0.3 is 15.4 Å². The predicted molar refractivity (Wildman–Crippen MR) is 78.2 cm³/mol. The van der Waals surface area contributed by atoms with Crippen LogP contribution in [0, 0.1) is 0 Å². The smallest absolute Gasteiger partial charge is 0.251 e. The Morgan fingerprint density at radius 2 is 2.37 bits per heavy atom. The molecule has 1 atom stereocenters. The highest BCUT2D eigenvalue weighted by atomic mass is 35.5. The third-order valence-electron chi connectivity index (χ3n) is 3.08. The molecule has 106 valence electrons. The third-order valence-corrected chi connectivity index (χ3v) is 3.08. The van der Waals surface area contributed by atoms with Gasteiger partial charge in [-0.15, -0.1) is 12.4 Å². The average Bonchev–Trinajstić information content (AvgIpc) is 2.90. The highest BCUT2D eigenvalue weighted by molar-refractivity contribution is 5.94. The maximum absolute atomic E-state index is 12.0. The first-order valence-corrected chi connectivity index (χ1v) is 6.54. The van der Waals surface area contributed by atoms with Crippen LogP contribution in [0.25, 0.3) is 0 Å². The molecule has 1 amide bonds. The summed E-state index contributed by atoms with van der Waals surface area (Å²) < 4.78 is 5.38. The molecule has 0 radical (unpaired) electrons. The summed E-state index contributed by atoms with van der Waals surface area (Å²) in [5, 5.41) is 6.31. The molecule has 0 saturated carbocycles. The molecule has 0 aromatic heterocycles. The van der Waals surface area contributed by atoms with E-state index in [1.807, 2.05) is 19.1 Å². The number of hydrogen-bond acceptors (Lipinski definition) is 3. The van der Waals surface area contributed by atoms with E-state index in [0.717, 1.165) is 18.7 Å². The van der Waals surface area contributed by atoms with Crippen molar-refractivity contribution in [3.63, 3.8) is 0 Å². The Labute approximate surface area is 120 Å². The maximum Gasteiger partial charge on any atom is 0.251 e. The summed E-state index contributed by atoms with van der Waals surface area (Å²) in [5.41, 5.74) is 0.652. The Morgan fingerprint density at radius 1 is 1.53 bits per heavy atom. The Balaban J connectivity index is 0.00000180. The number of nitrogens with one attached hydrogen (secondary N) is 2. The lowest BCUT2D eigenvalue weighted by molar-refractivity contribution is 0.0950. The van der Waals surface area contributed by atoms with Crippen molar-refractivity contribution < 1.29 is 9.53 Å². The molecule has 4 nitrogen and oxygen atoms in total. The number of amides is 1. The molecule has 1 unspecified atom stereocenters. The van der Waals surface area contributed by atoms with Crippen LogP contribution in [0.1, 0.15) is 30.1 Å². The normalized spacial score (nSPS) is 17.6. The zero-order valence-corrected chi connectivity index (χ0v) is 12.0. The lowest BCUT2D eigenvalue weighted by atomic mass is 10.2. The molecular weight excluding hydrogens is 264 g/mol. The van der Waals surface area contributed by atoms with Gasteiger partial charge in [0.05, 0.1) is 6.61 Å². The molecule has 0 aliphatic carbocycles. The van der Waals surface area contributed by atoms with Crippen LogP contribution in [-0.4, -0.2) is 31.6 Å². The summed E-state index contributed by atoms with van der Waals surface area (Å²) >= 11 is 0. The van der Waals surface area contributed by atoms with Crippen molar-refractivity contribution in [2.45, 2.75) is 25.8 Å². The van der Waals surface area contributed by atoms with Gasteiger partial charge in [-0.25, -0.2) is 0 Å². The standard InChI is InChI=1S/C14H20N2O2.ClH/c1-2-18-13-7-3-5-11(9-13)14(17)16-10-12-6-4-8-15-12;/h3,5,7,9,12,15H,2,4,6,8,10H2,1H3,(H,16,17);1H. The molecule has 19 heavy (non-hydrogen) atoms. The second-order valence-corrected chi connectivity index (χ2v) is 4.46. The van der Waals surface area contributed by atoms with E-state index in [4.69, 9.17) is 4.74 Å². The van der Waals surface area contributed by atoms with E-state index < -0.39 is 0 Å². The van der Waals surface area contributed by atoms with Crippen LogP contribution in [0.4, 0.5) is 0 Å². The fourth-order valence-electron chi connectivity index (χ4n) is 2.14. The minimum Gasteiger partial charge on any atom is -0.494 e. The molecule has 1 aliphatic heterocycles. The summed E-state index contributed by atoms with van der Waals surface area (Å²) in [6, 6.07) is 7.71. The monoisotopic (exact) mass is 284 g/mol. The zero-order valence-electron chi connectivity index (χ0n) is 11.1. The first kappa shape index (κ1) is 15.8. The Kier molecular flexibility index (Phi) is 6.67. The van der Waals surface area contributed by atoms with Gasteiger partial charge in [0.2, 0.25) is 0 Å². The molecular formula is C14H21ClN2O2. The van der Waals surface area contributed by atoms with Crippen molar-refractivity contribution >= 4 is 18.3 Å². The summed E-state index contributed by atoms with van der Waals surface area (Å²) in [7, 11) is 0. The lowest BCUT2D eigenvalue weighted by Gasteiger charge is -2.12. The van der Waals surface area contributed by atoms with Crippen molar-refractivity contribution in [2.24, 2.45) is 0 Å². The summed E-state index contributed by atoms with van der Waals surface area (Å²) in [6.45, 7) is 4.29. The minimum atomic E-state index is -0.0368. The second kappa shape index (κ2) is 8.02. The number of halogens is 1. The van der Waals surface area contributed by atoms with Crippen LogP contribution >= 0.6 is 12.4 Å². The van der Waals surface area contributed by atoms with Gasteiger partial charge in [-0.1, -0.05) is 6.07 Å². The van der Waals surface area contributed by atoms with E-state index in [2.05, 4.69) is 10.6 Å². The van der Waals surface area contributed by atoms with Gasteiger partial charge in [-0.05, 0) is 44.5 Å². The fourth-order valence-corrected chi connectivity index (χ4v) is 2.14. The predicted octanol–water partition coefficient (Wildman–Crippen LogP) is 1.99. The summed E-state index contributed by atoms with van der Waals surface area (Å²) in [6.07, 6.45) is 2.33. The SMILES string of the molecule is CCOc1cccc(C(=O)NCC2CCCN2)c1.Cl. The summed E-state index contributed by atoms with van der Waals surface area (Å²) in [4.78, 5) is 12.0. The Morgan fingerprint density at radius 3 is 3.05 bits per heavy atom. The van der Waals surface area contributed by atoms with Gasteiger partial charge in [0.25, 0.3) is 5.91 Å². The number of carbonyl (C=O) groups is 1. The molecule has 5 heteroatoms. The Hall–Kier alpha value is -1.26. The van der Waals surface area contributed by atoms with Gasteiger partial charge in [0, 0.05) is 18.2 Å². The van der Waals surface area contributed by atoms with E-state index in [1.165, 1.54) is 6.42 Å². The zero-order chi connectivity index (χ0) is 12.8. The first-order chi connectivity index (χ1) is 8.79. The van der Waals surface area contributed by atoms with Crippen molar-refractivity contribution in [3.05, 3.63) is 29.8 Å². The van der Waals surface area contributed by atoms with Crippen LogP contribution in [0.2, 0.25) is 0 Å². The van der Waals surface area contributed by atoms with Gasteiger partial charge in [-0.3, -0.25) is 4.79 Å². The van der Waals surface area contributed by atoms with Crippen LogP contribution in [-0.2, 0) is 0 Å². The van der Waals surface area contributed by atoms with Crippen molar-refractivity contribution in [1.82, 2.24) is 10.6 Å². The molecule has 1 aliphatic rings. The molecule has 0 bridgehead atoms. The topological polar surface area (TPSA) is 50.4 Å². The van der Waals surface area contributed by atoms with Crippen molar-refractivity contribution in [1.29, 1.82) is 0 Å². The lowest BCUT2D eigenvalue weighted by Crippen LogP contribution is -2.37. The maximum atomic E-state index is 12.0. The van der Waals surface area contributed by atoms with E-state index >= 15 is 0 Å². The molecule has 2 N–H and O–H groups in total. The highest BCUT2D eigenvalue weighted by Gasteiger charge is 2.15. The van der Waals surface area contributed by atoms with Crippen molar-refractivity contribution in [3.8, 4) is 5.75 Å². The second-order valence-electron chi connectivity index (χ2n) is 4.46. The van der Waals surface area contributed by atoms with Crippen molar-refractivity contribution in [2.75, 3.05) is 19.7 Å². The van der Waals surface area contributed by atoms with E-state index in [1.54, 1.807) is 12.1 Å². The average molecular weight is 285 g/mol. The van der Waals surface area contributed by atoms with Crippen LogP contribution in [0.5, 0.6) is 5.75 Å². The molecule has 2 rings (SSSR count). The Bertz CT molecular complexity index is 406. The van der Waals surface area contributed by atoms with E-state index in [-0.39, 0.29) is 18.3 Å². The third kappa shape index (κ3) is 4.73. The van der Waals surface area contributed by atoms with Crippen LogP contribution < -0.4 is 15.4 Å². The van der Waals surface area contributed by atoms with Gasteiger partial charge >= 0.3 is 0 Å². The molecule has 1 saturated heterocycles. The van der Waals surface area contributed by atoms with E-state index in [0.29, 0.717) is 24.8 Å². The molecule has 1 fully saturated rings. The quantitative estimate of drug-likeness (QED) is 0.869. The van der Waals surface area contributed by atoms with Crippen LogP contribution in [0.3, 0.4) is 0 Å². The number of rotatable bonds is 5. The van der Waals surface area contributed by atoms with Gasteiger partial charge in [0.15, 0.2) is 0 Å². The van der Waals surface area contributed by atoms with Gasteiger partial charge in [0.1, 0.15) is 5.75 Å². The minimum absolute atomic E-state index is 0. The molecule has 1 aromatic rings. The van der Waals surface area contributed by atoms with Crippen LogP contribution in [0.15, 0.2) is 24.3 Å². The molecule has 1 heterocycles. The number of benzene rings is 1. The fraction of sp³-hybridized carbons (Fsp3) is 0.500. The van der Waals surface area contributed by atoms with E-state index in [9.17, 15) is 4.79 Å². The highest BCUT2D eigenvalue weighted by Crippen LogP contribution is 2.13. The van der Waals surface area contributed by atoms with Gasteiger partial charge in [-0.2, -0.15) is 0 Å². The summed E-state index contributed by atoms with van der Waals surface area (Å²) in [5.74, 6) is 0.703. The molecule has 0 spiro atoms. The number of ether oxygens (including phenoxy) is 1. The first-order valence-electron chi connectivity index (χ1n) is 6.54. The number of carbonyl (C=O) groups excluding carboxylic acids is 1. The number of hydrogen-bond donors (Lipinski definition) is 2. The molecule has 1 aromatic carbocycles. The largest absolute Gasteiger partial charge is 0.494 e.